The summed E-state index contributed by atoms with van der Waals surface area (Å²) in [5.74, 6) is 0.658. The Morgan fingerprint density at radius 2 is 1.96 bits per heavy atom. The maximum atomic E-state index is 11.4. The van der Waals surface area contributed by atoms with Gasteiger partial charge in [0.05, 0.1) is 13.0 Å². The molecule has 1 aliphatic heterocycles. The molecule has 5 nitrogen and oxygen atoms in total. The topological polar surface area (TPSA) is 67.6 Å². The fourth-order valence-corrected chi connectivity index (χ4v) is 3.40. The Bertz CT molecular complexity index is 730. The van der Waals surface area contributed by atoms with Crippen LogP contribution in [0.4, 0.5) is 5.69 Å². The number of primary amides is 1. The number of benzene rings is 2. The number of nitrogens with two attached hydrogens (primary N) is 1. The van der Waals surface area contributed by atoms with Gasteiger partial charge in [-0.25, -0.2) is 0 Å². The molecule has 0 bridgehead atoms. The molecular weight excluding hydrogens is 326 g/mol. The van der Waals surface area contributed by atoms with Crippen molar-refractivity contribution in [2.75, 3.05) is 25.1 Å². The number of amides is 1. The van der Waals surface area contributed by atoms with Gasteiger partial charge in [0.2, 0.25) is 5.91 Å². The number of nitrogens with zero attached hydrogens (tertiary/aromatic N) is 1. The highest BCUT2D eigenvalue weighted by atomic mass is 16.5. The predicted octanol–water partition coefficient (Wildman–Crippen LogP) is 2.69. The standard InChI is InChI=1S/C21H27N3O2/c1-26-20-6-2-4-17(12-20)14-23-13-16-7-9-19(10-8-16)24-11-3-5-18(15-24)21(22)25/h2,4,6-10,12,18,23H,3,5,11,13-15H2,1H3,(H2,22,25). The molecule has 2 aromatic carbocycles. The van der Waals surface area contributed by atoms with Crippen LogP contribution in [0.5, 0.6) is 5.75 Å². The summed E-state index contributed by atoms with van der Waals surface area (Å²) in [5.41, 5.74) is 9.07. The zero-order valence-corrected chi connectivity index (χ0v) is 15.3. The van der Waals surface area contributed by atoms with Gasteiger partial charge < -0.3 is 20.7 Å². The molecule has 2 aromatic rings. The minimum Gasteiger partial charge on any atom is -0.497 e. The van der Waals surface area contributed by atoms with Crippen LogP contribution in [-0.4, -0.2) is 26.1 Å². The van der Waals surface area contributed by atoms with Crippen molar-refractivity contribution in [3.8, 4) is 5.75 Å². The van der Waals surface area contributed by atoms with Gasteiger partial charge in [0, 0.05) is 31.9 Å². The summed E-state index contributed by atoms with van der Waals surface area (Å²) in [5, 5.41) is 3.46. The van der Waals surface area contributed by atoms with Crippen LogP contribution in [-0.2, 0) is 17.9 Å². The monoisotopic (exact) mass is 353 g/mol. The maximum Gasteiger partial charge on any atom is 0.222 e. The van der Waals surface area contributed by atoms with Gasteiger partial charge in [-0.3, -0.25) is 4.79 Å². The third-order valence-corrected chi connectivity index (χ3v) is 4.92. The summed E-state index contributed by atoms with van der Waals surface area (Å²) in [6, 6.07) is 16.6. The van der Waals surface area contributed by atoms with Crippen molar-refractivity contribution in [1.29, 1.82) is 0 Å². The van der Waals surface area contributed by atoms with E-state index in [-0.39, 0.29) is 11.8 Å². The molecule has 138 valence electrons. The molecule has 1 atom stereocenters. The highest BCUT2D eigenvalue weighted by molar-refractivity contribution is 5.77. The molecule has 26 heavy (non-hydrogen) atoms. The van der Waals surface area contributed by atoms with Gasteiger partial charge in [-0.1, -0.05) is 24.3 Å². The van der Waals surface area contributed by atoms with Crippen LogP contribution in [0.15, 0.2) is 48.5 Å². The molecule has 0 radical (unpaired) electrons. The molecular formula is C21H27N3O2. The quantitative estimate of drug-likeness (QED) is 0.803. The van der Waals surface area contributed by atoms with Crippen molar-refractivity contribution in [3.63, 3.8) is 0 Å². The summed E-state index contributed by atoms with van der Waals surface area (Å²) in [4.78, 5) is 13.7. The van der Waals surface area contributed by atoms with Crippen LogP contribution in [0.2, 0.25) is 0 Å². The van der Waals surface area contributed by atoms with E-state index in [0.717, 1.165) is 50.5 Å². The van der Waals surface area contributed by atoms with Crippen LogP contribution in [0.1, 0.15) is 24.0 Å². The van der Waals surface area contributed by atoms with Crippen molar-refractivity contribution < 1.29 is 9.53 Å². The Hall–Kier alpha value is -2.53. The maximum absolute atomic E-state index is 11.4. The highest BCUT2D eigenvalue weighted by Crippen LogP contribution is 2.23. The van der Waals surface area contributed by atoms with E-state index < -0.39 is 0 Å². The highest BCUT2D eigenvalue weighted by Gasteiger charge is 2.23. The van der Waals surface area contributed by atoms with E-state index in [1.807, 2.05) is 18.2 Å². The average molecular weight is 353 g/mol. The number of hydrogen-bond acceptors (Lipinski definition) is 4. The van der Waals surface area contributed by atoms with E-state index in [9.17, 15) is 4.79 Å². The molecule has 1 fully saturated rings. The van der Waals surface area contributed by atoms with Crippen molar-refractivity contribution in [1.82, 2.24) is 5.32 Å². The number of anilines is 1. The predicted molar refractivity (Wildman–Crippen MR) is 104 cm³/mol. The summed E-state index contributed by atoms with van der Waals surface area (Å²) in [7, 11) is 1.68. The lowest BCUT2D eigenvalue weighted by atomic mass is 9.97. The average Bonchev–Trinajstić information content (AvgIpc) is 2.69. The molecule has 5 heteroatoms. The van der Waals surface area contributed by atoms with E-state index in [1.165, 1.54) is 11.1 Å². The lowest BCUT2D eigenvalue weighted by molar-refractivity contribution is -0.122. The van der Waals surface area contributed by atoms with E-state index in [2.05, 4.69) is 40.5 Å². The molecule has 3 N–H and O–H groups in total. The van der Waals surface area contributed by atoms with E-state index in [1.54, 1.807) is 7.11 Å². The van der Waals surface area contributed by atoms with Crippen LogP contribution in [0.3, 0.4) is 0 Å². The molecule has 1 heterocycles. The minimum absolute atomic E-state index is 0.0343. The molecule has 0 saturated carbocycles. The van der Waals surface area contributed by atoms with Gasteiger partial charge >= 0.3 is 0 Å². The molecule has 3 rings (SSSR count). The van der Waals surface area contributed by atoms with Crippen molar-refractivity contribution >= 4 is 11.6 Å². The summed E-state index contributed by atoms with van der Waals surface area (Å²) >= 11 is 0. The van der Waals surface area contributed by atoms with Crippen LogP contribution in [0.25, 0.3) is 0 Å². The van der Waals surface area contributed by atoms with Gasteiger partial charge in [0.25, 0.3) is 0 Å². The second-order valence-electron chi connectivity index (χ2n) is 6.81. The Morgan fingerprint density at radius 1 is 1.19 bits per heavy atom. The molecule has 1 amide bonds. The molecule has 1 unspecified atom stereocenters. The van der Waals surface area contributed by atoms with Gasteiger partial charge in [-0.05, 0) is 48.2 Å². The molecule has 1 saturated heterocycles. The lowest BCUT2D eigenvalue weighted by Gasteiger charge is -2.33. The SMILES string of the molecule is COc1cccc(CNCc2ccc(N3CCCC(C(N)=O)C3)cc2)c1. The number of methoxy groups -OCH3 is 1. The first-order valence-corrected chi connectivity index (χ1v) is 9.12. The number of ether oxygens (including phenoxy) is 1. The number of piperidine rings is 1. The van der Waals surface area contributed by atoms with Crippen molar-refractivity contribution in [2.24, 2.45) is 11.7 Å². The largest absolute Gasteiger partial charge is 0.497 e. The van der Waals surface area contributed by atoms with Crippen LogP contribution < -0.4 is 20.7 Å². The van der Waals surface area contributed by atoms with Gasteiger partial charge in [-0.2, -0.15) is 0 Å². The molecule has 0 aliphatic carbocycles. The third kappa shape index (κ3) is 4.76. The Morgan fingerprint density at radius 3 is 2.69 bits per heavy atom. The second kappa shape index (κ2) is 8.72. The fraction of sp³-hybridized carbons (Fsp3) is 0.381. The number of nitrogens with one attached hydrogen (secondary N) is 1. The number of hydrogen-bond donors (Lipinski definition) is 2. The first-order chi connectivity index (χ1) is 12.7. The molecule has 0 aromatic heterocycles. The van der Waals surface area contributed by atoms with Gasteiger partial charge in [0.1, 0.15) is 5.75 Å². The van der Waals surface area contributed by atoms with Crippen LogP contribution in [0, 0.1) is 5.92 Å². The Balaban J connectivity index is 1.52. The van der Waals surface area contributed by atoms with Crippen molar-refractivity contribution in [2.45, 2.75) is 25.9 Å². The summed E-state index contributed by atoms with van der Waals surface area (Å²) in [6.45, 7) is 3.31. The zero-order chi connectivity index (χ0) is 18.4. The second-order valence-corrected chi connectivity index (χ2v) is 6.81. The summed E-state index contributed by atoms with van der Waals surface area (Å²) in [6.07, 6.45) is 1.91. The lowest BCUT2D eigenvalue weighted by Crippen LogP contribution is -2.41. The van der Waals surface area contributed by atoms with Crippen molar-refractivity contribution in [3.05, 3.63) is 59.7 Å². The van der Waals surface area contributed by atoms with Gasteiger partial charge in [0.15, 0.2) is 0 Å². The normalized spacial score (nSPS) is 17.1. The first-order valence-electron chi connectivity index (χ1n) is 9.12. The number of rotatable bonds is 7. The molecule has 1 aliphatic rings. The minimum atomic E-state index is -0.187. The van der Waals surface area contributed by atoms with E-state index in [0.29, 0.717) is 0 Å². The van der Waals surface area contributed by atoms with E-state index >= 15 is 0 Å². The smallest absolute Gasteiger partial charge is 0.222 e. The first kappa shape index (κ1) is 18.3. The van der Waals surface area contributed by atoms with Crippen LogP contribution >= 0.6 is 0 Å². The number of carbonyl (C=O) groups is 1. The zero-order valence-electron chi connectivity index (χ0n) is 15.3. The Kier molecular flexibility index (Phi) is 6.12. The van der Waals surface area contributed by atoms with E-state index in [4.69, 9.17) is 10.5 Å². The number of carbonyl (C=O) groups excluding carboxylic acids is 1. The Labute approximate surface area is 155 Å². The summed E-state index contributed by atoms with van der Waals surface area (Å²) < 4.78 is 5.25. The fourth-order valence-electron chi connectivity index (χ4n) is 3.40. The molecule has 0 spiro atoms. The van der Waals surface area contributed by atoms with Gasteiger partial charge in [-0.15, -0.1) is 0 Å². The third-order valence-electron chi connectivity index (χ3n) is 4.92.